The maximum Gasteiger partial charge on any atom is 0.573 e. The van der Waals surface area contributed by atoms with E-state index in [0.717, 1.165) is 50.7 Å². The molecule has 1 aliphatic rings. The van der Waals surface area contributed by atoms with E-state index in [1.807, 2.05) is 0 Å². The number of halogens is 9. The Labute approximate surface area is 215 Å². The van der Waals surface area contributed by atoms with Gasteiger partial charge in [-0.2, -0.15) is 8.78 Å². The quantitative estimate of drug-likeness (QED) is 0.203. The standard InChI is InChI=1S/C27H29F9O2/c1-2-3-4-5-16-6-8-18(9-7-16)19-14-20(28)24(21(29)15-19)26(32,33)37-11-10-17-12-22(30)25(23(31)13-17)38-27(34,35)36/h12-16,18H,2-11H2,1H3. The molecule has 1 fully saturated rings. The van der Waals surface area contributed by atoms with Crippen LogP contribution >= 0.6 is 0 Å². The summed E-state index contributed by atoms with van der Waals surface area (Å²) in [4.78, 5) is 0. The normalized spacial score (nSPS) is 18.6. The van der Waals surface area contributed by atoms with Crippen LogP contribution in [0.25, 0.3) is 0 Å². The highest BCUT2D eigenvalue weighted by Gasteiger charge is 2.40. The molecule has 0 bridgehead atoms. The van der Waals surface area contributed by atoms with Crippen molar-refractivity contribution in [1.29, 1.82) is 0 Å². The van der Waals surface area contributed by atoms with Crippen molar-refractivity contribution >= 4 is 0 Å². The van der Waals surface area contributed by atoms with Crippen molar-refractivity contribution in [2.45, 2.75) is 83.1 Å². The molecule has 212 valence electrons. The molecule has 11 heteroatoms. The molecule has 0 heterocycles. The monoisotopic (exact) mass is 556 g/mol. The highest BCUT2D eigenvalue weighted by Crippen LogP contribution is 2.41. The summed E-state index contributed by atoms with van der Waals surface area (Å²) >= 11 is 0. The third-order valence-electron chi connectivity index (χ3n) is 6.84. The summed E-state index contributed by atoms with van der Waals surface area (Å²) in [5.41, 5.74) is -1.61. The fourth-order valence-corrected chi connectivity index (χ4v) is 4.91. The minimum Gasteiger partial charge on any atom is -0.399 e. The van der Waals surface area contributed by atoms with Crippen LogP contribution in [0, 0.1) is 29.2 Å². The van der Waals surface area contributed by atoms with Crippen LogP contribution in [0.1, 0.15) is 80.9 Å². The Bertz CT molecular complexity index is 1030. The first-order chi connectivity index (χ1) is 17.8. The van der Waals surface area contributed by atoms with Gasteiger partial charge >= 0.3 is 12.5 Å². The zero-order valence-corrected chi connectivity index (χ0v) is 20.8. The SMILES string of the molecule is CCCCCC1CCC(c2cc(F)c(C(F)(F)OCCc3cc(F)c(OC(F)(F)F)c(F)c3)c(F)c2)CC1. The van der Waals surface area contributed by atoms with E-state index in [4.69, 9.17) is 0 Å². The van der Waals surface area contributed by atoms with Crippen LogP contribution in [0.15, 0.2) is 24.3 Å². The molecule has 3 rings (SSSR count). The maximum absolute atomic E-state index is 14.7. The van der Waals surface area contributed by atoms with E-state index >= 15 is 0 Å². The molecule has 0 spiro atoms. The number of rotatable bonds is 11. The van der Waals surface area contributed by atoms with Crippen molar-refractivity contribution in [1.82, 2.24) is 0 Å². The second kappa shape index (κ2) is 12.6. The maximum atomic E-state index is 14.7. The zero-order chi connectivity index (χ0) is 28.1. The van der Waals surface area contributed by atoms with Crippen LogP contribution in [0.4, 0.5) is 39.5 Å². The average molecular weight is 557 g/mol. The molecule has 0 amide bonds. The number of hydrogen-bond acceptors (Lipinski definition) is 2. The van der Waals surface area contributed by atoms with Crippen LogP contribution in [0.5, 0.6) is 5.75 Å². The van der Waals surface area contributed by atoms with E-state index in [2.05, 4.69) is 16.4 Å². The molecule has 1 saturated carbocycles. The number of benzene rings is 2. The summed E-state index contributed by atoms with van der Waals surface area (Å²) in [5, 5.41) is 0. The van der Waals surface area contributed by atoms with Gasteiger partial charge in [0.05, 0.1) is 6.61 Å². The Morgan fingerprint density at radius 1 is 0.789 bits per heavy atom. The predicted octanol–water partition coefficient (Wildman–Crippen LogP) is 9.30. The molecule has 0 aromatic heterocycles. The van der Waals surface area contributed by atoms with Crippen molar-refractivity contribution in [3.63, 3.8) is 0 Å². The van der Waals surface area contributed by atoms with Gasteiger partial charge in [0, 0.05) is 0 Å². The number of hydrogen-bond donors (Lipinski definition) is 0. The predicted molar refractivity (Wildman–Crippen MR) is 122 cm³/mol. The van der Waals surface area contributed by atoms with Crippen molar-refractivity contribution in [2.75, 3.05) is 6.61 Å². The molecule has 0 saturated heterocycles. The smallest absolute Gasteiger partial charge is 0.399 e. The van der Waals surface area contributed by atoms with Gasteiger partial charge in [0.25, 0.3) is 0 Å². The van der Waals surface area contributed by atoms with Gasteiger partial charge in [-0.1, -0.05) is 32.6 Å². The van der Waals surface area contributed by atoms with Gasteiger partial charge in [-0.3, -0.25) is 0 Å². The zero-order valence-electron chi connectivity index (χ0n) is 20.8. The minimum atomic E-state index is -5.34. The molecule has 0 radical (unpaired) electrons. The summed E-state index contributed by atoms with van der Waals surface area (Å²) < 4.78 is 130. The fourth-order valence-electron chi connectivity index (χ4n) is 4.91. The van der Waals surface area contributed by atoms with Crippen LogP contribution in [-0.2, 0) is 17.3 Å². The lowest BCUT2D eigenvalue weighted by atomic mass is 9.77. The fraction of sp³-hybridized carbons (Fsp3) is 0.556. The van der Waals surface area contributed by atoms with Gasteiger partial charge in [-0.15, -0.1) is 13.2 Å². The van der Waals surface area contributed by atoms with Crippen molar-refractivity contribution in [2.24, 2.45) is 5.92 Å². The Kier molecular flexibility index (Phi) is 10.00. The minimum absolute atomic E-state index is 0.140. The van der Waals surface area contributed by atoms with Gasteiger partial charge in [0.2, 0.25) is 5.75 Å². The molecule has 2 aromatic carbocycles. The van der Waals surface area contributed by atoms with E-state index < -0.39 is 60.1 Å². The van der Waals surface area contributed by atoms with E-state index in [9.17, 15) is 39.5 Å². The van der Waals surface area contributed by atoms with Crippen molar-refractivity contribution < 1.29 is 49.0 Å². The third-order valence-corrected chi connectivity index (χ3v) is 6.84. The Morgan fingerprint density at radius 3 is 1.89 bits per heavy atom. The van der Waals surface area contributed by atoms with Crippen LogP contribution in [-0.4, -0.2) is 13.0 Å². The molecule has 0 N–H and O–H groups in total. The Hall–Kier alpha value is -2.43. The number of ether oxygens (including phenoxy) is 2. The second-order valence-electron chi connectivity index (χ2n) is 9.62. The summed E-state index contributed by atoms with van der Waals surface area (Å²) in [5.74, 6) is -7.62. The lowest BCUT2D eigenvalue weighted by Crippen LogP contribution is -2.24. The second-order valence-corrected chi connectivity index (χ2v) is 9.62. The topological polar surface area (TPSA) is 18.5 Å². The van der Waals surface area contributed by atoms with Crippen molar-refractivity contribution in [3.05, 3.63) is 64.2 Å². The molecule has 1 aliphatic carbocycles. The van der Waals surface area contributed by atoms with Crippen LogP contribution in [0.3, 0.4) is 0 Å². The molecular weight excluding hydrogens is 527 g/mol. The average Bonchev–Trinajstić information content (AvgIpc) is 2.81. The van der Waals surface area contributed by atoms with Gasteiger partial charge in [-0.25, -0.2) is 17.6 Å². The van der Waals surface area contributed by atoms with Crippen LogP contribution in [0.2, 0.25) is 0 Å². The largest absolute Gasteiger partial charge is 0.573 e. The van der Waals surface area contributed by atoms with Gasteiger partial charge < -0.3 is 9.47 Å². The first-order valence-electron chi connectivity index (χ1n) is 12.6. The first-order valence-corrected chi connectivity index (χ1v) is 12.6. The number of unbranched alkanes of at least 4 members (excludes halogenated alkanes) is 2. The summed E-state index contributed by atoms with van der Waals surface area (Å²) in [7, 11) is 0. The van der Waals surface area contributed by atoms with E-state index in [0.29, 0.717) is 36.5 Å². The molecule has 2 nitrogen and oxygen atoms in total. The first kappa shape index (κ1) is 30.1. The van der Waals surface area contributed by atoms with Crippen molar-refractivity contribution in [3.8, 4) is 5.75 Å². The van der Waals surface area contributed by atoms with E-state index in [1.54, 1.807) is 0 Å². The molecule has 0 atom stereocenters. The lowest BCUT2D eigenvalue weighted by molar-refractivity contribution is -0.276. The highest BCUT2D eigenvalue weighted by atomic mass is 19.4. The summed E-state index contributed by atoms with van der Waals surface area (Å²) in [6, 6.07) is 2.70. The Morgan fingerprint density at radius 2 is 1.37 bits per heavy atom. The Balaban J connectivity index is 1.62. The van der Waals surface area contributed by atoms with Crippen LogP contribution < -0.4 is 4.74 Å². The molecular formula is C27H29F9O2. The van der Waals surface area contributed by atoms with Gasteiger partial charge in [0.1, 0.15) is 17.2 Å². The number of alkyl halides is 5. The summed E-state index contributed by atoms with van der Waals surface area (Å²) in [6.45, 7) is 1.19. The van der Waals surface area contributed by atoms with E-state index in [1.165, 1.54) is 0 Å². The molecule has 2 aromatic rings. The van der Waals surface area contributed by atoms with Gasteiger partial charge in [-0.05, 0) is 79.3 Å². The van der Waals surface area contributed by atoms with E-state index in [-0.39, 0.29) is 11.5 Å². The highest BCUT2D eigenvalue weighted by molar-refractivity contribution is 5.32. The molecule has 0 aliphatic heterocycles. The molecule has 0 unspecified atom stereocenters. The third kappa shape index (κ3) is 8.04. The lowest BCUT2D eigenvalue weighted by Gasteiger charge is -2.29. The summed E-state index contributed by atoms with van der Waals surface area (Å²) in [6.07, 6.45) is -2.57. The molecule has 38 heavy (non-hydrogen) atoms. The van der Waals surface area contributed by atoms with Gasteiger partial charge in [0.15, 0.2) is 11.6 Å².